The number of aryl methyl sites for hydroxylation is 1. The number of anilines is 1. The number of benzene rings is 1. The molecule has 0 aliphatic rings. The van der Waals surface area contributed by atoms with E-state index in [1.54, 1.807) is 12.3 Å². The summed E-state index contributed by atoms with van der Waals surface area (Å²) in [5.41, 5.74) is 3.17. The fourth-order valence-electron chi connectivity index (χ4n) is 2.82. The van der Waals surface area contributed by atoms with Crippen LogP contribution in [0, 0.1) is 0 Å². The molecule has 7 heteroatoms. The maximum Gasteiger partial charge on any atom is 0.325 e. The van der Waals surface area contributed by atoms with Crippen LogP contribution in [0.5, 0.6) is 0 Å². The van der Waals surface area contributed by atoms with Gasteiger partial charge in [-0.25, -0.2) is 0 Å². The van der Waals surface area contributed by atoms with Crippen molar-refractivity contribution in [3.05, 3.63) is 81.9 Å². The maximum absolute atomic E-state index is 12.9. The number of allylic oxidation sites excluding steroid dienone is 3. The van der Waals surface area contributed by atoms with Crippen molar-refractivity contribution in [3.63, 3.8) is 0 Å². The third kappa shape index (κ3) is 5.88. The number of esters is 1. The second-order valence-corrected chi connectivity index (χ2v) is 6.45. The molecule has 0 spiro atoms. The van der Waals surface area contributed by atoms with E-state index in [0.717, 1.165) is 23.1 Å². The van der Waals surface area contributed by atoms with Crippen molar-refractivity contribution in [1.82, 2.24) is 4.57 Å². The number of methoxy groups -OCH3 is 1. The number of carbonyl (C=O) groups excluding carboxylic acids is 2. The molecule has 1 amide bonds. The third-order valence-corrected chi connectivity index (χ3v) is 4.34. The van der Waals surface area contributed by atoms with Crippen molar-refractivity contribution in [2.24, 2.45) is 4.99 Å². The van der Waals surface area contributed by atoms with Crippen molar-refractivity contribution < 1.29 is 15.8 Å². The van der Waals surface area contributed by atoms with E-state index in [9.17, 15) is 14.4 Å². The molecule has 158 valence electrons. The van der Waals surface area contributed by atoms with Crippen molar-refractivity contribution in [2.45, 2.75) is 26.8 Å². The van der Waals surface area contributed by atoms with Crippen molar-refractivity contribution in [1.29, 1.82) is 0 Å². The Balaban J connectivity index is 0.00000480. The zero-order valence-electron chi connectivity index (χ0n) is 17.3. The standard InChI is InChI=1S/C23H25N3O4.H2/c1-5-7-17(13-24-3)18-10-16(6-2)11-19(12-18)23(29)25-20-8-9-21(27)26(14-20)15-22(28)30-4;/h5,7-14H,3,6,15H2,1-2,4H3,(H,25,29);1H/b7-5-,17-13+;. The number of aliphatic imine (C=N–C) groups is 1. The monoisotopic (exact) mass is 409 g/mol. The summed E-state index contributed by atoms with van der Waals surface area (Å²) < 4.78 is 5.77. The summed E-state index contributed by atoms with van der Waals surface area (Å²) in [5.74, 6) is -0.888. The molecule has 0 radical (unpaired) electrons. The molecule has 0 saturated heterocycles. The molecule has 7 nitrogen and oxygen atoms in total. The molecule has 2 aromatic rings. The van der Waals surface area contributed by atoms with E-state index in [1.807, 2.05) is 38.1 Å². The van der Waals surface area contributed by atoms with Crippen molar-refractivity contribution in [3.8, 4) is 0 Å². The first-order valence-electron chi connectivity index (χ1n) is 9.43. The Hall–Kier alpha value is -3.74. The maximum atomic E-state index is 12.9. The highest BCUT2D eigenvalue weighted by Crippen LogP contribution is 2.21. The number of nitrogens with one attached hydrogen (secondary N) is 1. The Labute approximate surface area is 176 Å². The average molecular weight is 409 g/mol. The Morgan fingerprint density at radius 3 is 2.63 bits per heavy atom. The Morgan fingerprint density at radius 2 is 2.00 bits per heavy atom. The SMILES string of the molecule is C=N/C=C(\C=C/C)c1cc(CC)cc(C(=O)Nc2ccc(=O)n(CC(=O)OC)c2)c1.[HH]. The lowest BCUT2D eigenvalue weighted by molar-refractivity contribution is -0.141. The van der Waals surface area contributed by atoms with E-state index in [1.165, 1.54) is 30.0 Å². The van der Waals surface area contributed by atoms with E-state index >= 15 is 0 Å². The van der Waals surface area contributed by atoms with Crippen LogP contribution in [-0.4, -0.2) is 30.3 Å². The molecule has 0 aliphatic carbocycles. The number of ether oxygens (including phenoxy) is 1. The van der Waals surface area contributed by atoms with Gasteiger partial charge in [-0.2, -0.15) is 0 Å². The quantitative estimate of drug-likeness (QED) is 0.409. The van der Waals surface area contributed by atoms with Gasteiger partial charge in [0, 0.05) is 25.5 Å². The molecular formula is C23H27N3O4. The minimum absolute atomic E-state index is 0. The Morgan fingerprint density at radius 1 is 1.27 bits per heavy atom. The summed E-state index contributed by atoms with van der Waals surface area (Å²) >= 11 is 0. The van der Waals surface area contributed by atoms with Gasteiger partial charge in [-0.05, 0) is 55.0 Å². The third-order valence-electron chi connectivity index (χ3n) is 4.34. The Kier molecular flexibility index (Phi) is 8.05. The summed E-state index contributed by atoms with van der Waals surface area (Å²) in [4.78, 5) is 40.1. The predicted octanol–water partition coefficient (Wildman–Crippen LogP) is 3.70. The van der Waals surface area contributed by atoms with Gasteiger partial charge in [-0.1, -0.05) is 25.1 Å². The molecule has 0 unspecified atom stereocenters. The lowest BCUT2D eigenvalue weighted by Gasteiger charge is -2.11. The lowest BCUT2D eigenvalue weighted by atomic mass is 9.98. The topological polar surface area (TPSA) is 89.8 Å². The lowest BCUT2D eigenvalue weighted by Crippen LogP contribution is -2.24. The minimum atomic E-state index is -0.556. The highest BCUT2D eigenvalue weighted by atomic mass is 16.5. The molecular weight excluding hydrogens is 382 g/mol. The second-order valence-electron chi connectivity index (χ2n) is 6.45. The first kappa shape index (κ1) is 22.5. The Bertz CT molecular complexity index is 1070. The number of rotatable bonds is 8. The molecule has 30 heavy (non-hydrogen) atoms. The number of hydrogen-bond donors (Lipinski definition) is 1. The van der Waals surface area contributed by atoms with E-state index in [0.29, 0.717) is 11.3 Å². The number of nitrogens with zero attached hydrogens (tertiary/aromatic N) is 2. The van der Waals surface area contributed by atoms with Crippen LogP contribution >= 0.6 is 0 Å². The highest BCUT2D eigenvalue weighted by Gasteiger charge is 2.12. The molecule has 0 atom stereocenters. The van der Waals surface area contributed by atoms with Gasteiger partial charge in [-0.3, -0.25) is 19.4 Å². The van der Waals surface area contributed by atoms with Gasteiger partial charge in [0.05, 0.1) is 12.8 Å². The molecule has 0 aliphatic heterocycles. The van der Waals surface area contributed by atoms with Gasteiger partial charge in [0.25, 0.3) is 11.5 Å². The number of amides is 1. The fraction of sp³-hybridized carbons (Fsp3) is 0.217. The second kappa shape index (κ2) is 10.7. The van der Waals surface area contributed by atoms with Crippen LogP contribution in [0.4, 0.5) is 5.69 Å². The van der Waals surface area contributed by atoms with E-state index < -0.39 is 5.97 Å². The molecule has 0 bridgehead atoms. The highest BCUT2D eigenvalue weighted by molar-refractivity contribution is 6.05. The van der Waals surface area contributed by atoms with Gasteiger partial charge in [0.2, 0.25) is 0 Å². The molecule has 2 rings (SSSR count). The molecule has 1 N–H and O–H groups in total. The minimum Gasteiger partial charge on any atom is -0.468 e. The first-order valence-corrected chi connectivity index (χ1v) is 9.43. The fourth-order valence-corrected chi connectivity index (χ4v) is 2.82. The van der Waals surface area contributed by atoms with Crippen LogP contribution in [-0.2, 0) is 22.5 Å². The summed E-state index contributed by atoms with van der Waals surface area (Å²) in [5, 5.41) is 2.77. The normalized spacial score (nSPS) is 11.4. The summed E-state index contributed by atoms with van der Waals surface area (Å²) in [6, 6.07) is 8.37. The zero-order chi connectivity index (χ0) is 22.1. The van der Waals surface area contributed by atoms with Gasteiger partial charge >= 0.3 is 5.97 Å². The summed E-state index contributed by atoms with van der Waals surface area (Å²) in [6.07, 6.45) is 7.59. The van der Waals surface area contributed by atoms with Gasteiger partial charge in [0.1, 0.15) is 6.54 Å². The largest absolute Gasteiger partial charge is 0.468 e. The number of hydrogen-bond acceptors (Lipinski definition) is 5. The number of pyridine rings is 1. The number of carbonyl (C=O) groups is 2. The predicted molar refractivity (Wildman–Crippen MR) is 121 cm³/mol. The molecule has 1 aromatic carbocycles. The van der Waals surface area contributed by atoms with Crippen LogP contribution in [0.3, 0.4) is 0 Å². The van der Waals surface area contributed by atoms with E-state index in [-0.39, 0.29) is 19.4 Å². The number of aromatic nitrogens is 1. The van der Waals surface area contributed by atoms with Crippen LogP contribution < -0.4 is 10.9 Å². The van der Waals surface area contributed by atoms with Gasteiger partial charge in [-0.15, -0.1) is 0 Å². The summed E-state index contributed by atoms with van der Waals surface area (Å²) in [6.45, 7) is 7.18. The molecule has 0 saturated carbocycles. The van der Waals surface area contributed by atoms with E-state index in [4.69, 9.17) is 0 Å². The van der Waals surface area contributed by atoms with Crippen LogP contribution in [0.2, 0.25) is 0 Å². The van der Waals surface area contributed by atoms with E-state index in [2.05, 4.69) is 21.8 Å². The van der Waals surface area contributed by atoms with Crippen LogP contribution in [0.15, 0.2) is 64.7 Å². The zero-order valence-corrected chi connectivity index (χ0v) is 17.3. The van der Waals surface area contributed by atoms with Crippen LogP contribution in [0.25, 0.3) is 5.57 Å². The molecule has 1 heterocycles. The van der Waals surface area contributed by atoms with Gasteiger partial charge < -0.3 is 14.6 Å². The molecule has 1 aromatic heterocycles. The van der Waals surface area contributed by atoms with Crippen LogP contribution in [0.1, 0.15) is 36.8 Å². The average Bonchev–Trinajstić information content (AvgIpc) is 2.75. The van der Waals surface area contributed by atoms with Crippen molar-refractivity contribution in [2.75, 3.05) is 12.4 Å². The van der Waals surface area contributed by atoms with Gasteiger partial charge in [0.15, 0.2) is 0 Å². The van der Waals surface area contributed by atoms with Crippen molar-refractivity contribution >= 4 is 29.9 Å². The molecule has 0 fully saturated rings. The smallest absolute Gasteiger partial charge is 0.325 e. The first-order chi connectivity index (χ1) is 14.4. The summed E-state index contributed by atoms with van der Waals surface area (Å²) in [7, 11) is 1.25.